The number of hydrogen-bond donors (Lipinski definition) is 0. The molecule has 0 rings (SSSR count). The van der Waals surface area contributed by atoms with Crippen molar-refractivity contribution in [1.82, 2.24) is 0 Å². The topological polar surface area (TPSA) is 36.9 Å². The predicted molar refractivity (Wildman–Crippen MR) is 49.7 cm³/mol. The molecule has 0 unspecified atom stereocenters. The lowest BCUT2D eigenvalue weighted by molar-refractivity contribution is -0.143. The van der Waals surface area contributed by atoms with Crippen molar-refractivity contribution in [2.45, 2.75) is 19.6 Å². The van der Waals surface area contributed by atoms with E-state index in [4.69, 9.17) is 18.9 Å². The summed E-state index contributed by atoms with van der Waals surface area (Å²) in [7, 11) is 3.18. The average Bonchev–Trinajstić information content (AvgIpc) is 2.17. The maximum atomic E-state index is 5.25. The normalized spacial score (nSPS) is 11.1. The Bertz CT molecular complexity index is 93.6. The third-order valence-electron chi connectivity index (χ3n) is 1.50. The van der Waals surface area contributed by atoms with Crippen molar-refractivity contribution < 1.29 is 18.9 Å². The molecule has 0 atom stereocenters. The van der Waals surface area contributed by atoms with E-state index in [9.17, 15) is 0 Å². The molecule has 4 heteroatoms. The molecule has 0 aliphatic carbocycles. The molecule has 0 heterocycles. The third-order valence-corrected chi connectivity index (χ3v) is 1.50. The van der Waals surface area contributed by atoms with Gasteiger partial charge in [0.05, 0.1) is 19.8 Å². The predicted octanol–water partition coefficient (Wildman–Crippen LogP) is 1.05. The van der Waals surface area contributed by atoms with Crippen LogP contribution >= 0.6 is 0 Å². The summed E-state index contributed by atoms with van der Waals surface area (Å²) < 4.78 is 20.4. The number of methoxy groups -OCH3 is 2. The van der Waals surface area contributed by atoms with Crippen molar-refractivity contribution in [3.8, 4) is 0 Å². The molecule has 0 spiro atoms. The molecule has 0 aliphatic rings. The molecule has 0 fully saturated rings. The molecule has 0 N–H and O–H groups in total. The van der Waals surface area contributed by atoms with Crippen molar-refractivity contribution in [1.29, 1.82) is 0 Å². The molecule has 0 saturated heterocycles. The van der Waals surface area contributed by atoms with E-state index in [1.165, 1.54) is 0 Å². The Balaban J connectivity index is 3.05. The molecular formula is C9H20O4. The second kappa shape index (κ2) is 9.92. The molecule has 0 aliphatic heterocycles. The Hall–Kier alpha value is -0.160. The lowest BCUT2D eigenvalue weighted by Crippen LogP contribution is -2.21. The van der Waals surface area contributed by atoms with Crippen LogP contribution in [0.2, 0.25) is 0 Å². The average molecular weight is 192 g/mol. The summed E-state index contributed by atoms with van der Waals surface area (Å²) in [5, 5.41) is 0. The Morgan fingerprint density at radius 3 is 2.08 bits per heavy atom. The maximum Gasteiger partial charge on any atom is 0.180 e. The van der Waals surface area contributed by atoms with Gasteiger partial charge in [0.15, 0.2) is 6.29 Å². The lowest BCUT2D eigenvalue weighted by atomic mass is 10.5. The molecular weight excluding hydrogens is 172 g/mol. The smallest absolute Gasteiger partial charge is 0.180 e. The summed E-state index contributed by atoms with van der Waals surface area (Å²) in [5.41, 5.74) is 0. The first-order chi connectivity index (χ1) is 6.35. The van der Waals surface area contributed by atoms with E-state index in [0.29, 0.717) is 19.8 Å². The highest BCUT2D eigenvalue weighted by molar-refractivity contribution is 4.38. The van der Waals surface area contributed by atoms with E-state index in [-0.39, 0.29) is 6.29 Å². The van der Waals surface area contributed by atoms with Gasteiger partial charge in [-0.15, -0.1) is 0 Å². The van der Waals surface area contributed by atoms with Crippen LogP contribution < -0.4 is 0 Å². The molecule has 80 valence electrons. The quantitative estimate of drug-likeness (QED) is 0.404. The van der Waals surface area contributed by atoms with E-state index in [2.05, 4.69) is 6.92 Å². The summed E-state index contributed by atoms with van der Waals surface area (Å²) >= 11 is 0. The largest absolute Gasteiger partial charge is 0.379 e. The van der Waals surface area contributed by atoms with Crippen LogP contribution in [0.1, 0.15) is 13.3 Å². The molecule has 0 amide bonds. The van der Waals surface area contributed by atoms with E-state index in [1.54, 1.807) is 14.2 Å². The summed E-state index contributed by atoms with van der Waals surface area (Å²) in [6.07, 6.45) is 0.768. The van der Waals surface area contributed by atoms with E-state index in [1.807, 2.05) is 0 Å². The first-order valence-electron chi connectivity index (χ1n) is 4.56. The van der Waals surface area contributed by atoms with Gasteiger partial charge >= 0.3 is 0 Å². The lowest BCUT2D eigenvalue weighted by Gasteiger charge is -2.13. The SMILES string of the molecule is CCCOCCOCC(OC)OC. The van der Waals surface area contributed by atoms with Crippen molar-refractivity contribution in [3.63, 3.8) is 0 Å². The fourth-order valence-electron chi connectivity index (χ4n) is 0.776. The van der Waals surface area contributed by atoms with Gasteiger partial charge < -0.3 is 18.9 Å². The van der Waals surface area contributed by atoms with Crippen molar-refractivity contribution >= 4 is 0 Å². The van der Waals surface area contributed by atoms with E-state index >= 15 is 0 Å². The molecule has 0 radical (unpaired) electrons. The first kappa shape index (κ1) is 12.8. The monoisotopic (exact) mass is 192 g/mol. The minimum atomic E-state index is -0.272. The van der Waals surface area contributed by atoms with Crippen LogP contribution in [0.25, 0.3) is 0 Å². The van der Waals surface area contributed by atoms with Gasteiger partial charge in [-0.3, -0.25) is 0 Å². The van der Waals surface area contributed by atoms with E-state index < -0.39 is 0 Å². The molecule has 0 aromatic heterocycles. The van der Waals surface area contributed by atoms with Crippen LogP contribution in [0.3, 0.4) is 0 Å². The molecule has 0 aromatic carbocycles. The van der Waals surface area contributed by atoms with Gasteiger partial charge in [-0.05, 0) is 6.42 Å². The number of rotatable bonds is 9. The van der Waals surface area contributed by atoms with Gasteiger partial charge in [0, 0.05) is 20.8 Å². The Morgan fingerprint density at radius 1 is 0.923 bits per heavy atom. The van der Waals surface area contributed by atoms with Gasteiger partial charge in [-0.25, -0.2) is 0 Å². The minimum absolute atomic E-state index is 0.272. The van der Waals surface area contributed by atoms with Gasteiger partial charge in [0.2, 0.25) is 0 Å². The zero-order valence-electron chi connectivity index (χ0n) is 8.75. The third kappa shape index (κ3) is 8.18. The molecule has 0 bridgehead atoms. The second-order valence-corrected chi connectivity index (χ2v) is 2.59. The fourth-order valence-corrected chi connectivity index (χ4v) is 0.776. The maximum absolute atomic E-state index is 5.25. The highest BCUT2D eigenvalue weighted by Crippen LogP contribution is 1.91. The standard InChI is InChI=1S/C9H20O4/c1-4-5-12-6-7-13-8-9(10-2)11-3/h9H,4-8H2,1-3H3. The van der Waals surface area contributed by atoms with Gasteiger partial charge in [-0.2, -0.15) is 0 Å². The van der Waals surface area contributed by atoms with Crippen LogP contribution in [0.5, 0.6) is 0 Å². The summed E-state index contributed by atoms with van der Waals surface area (Å²) in [6, 6.07) is 0. The summed E-state index contributed by atoms with van der Waals surface area (Å²) in [5.74, 6) is 0. The zero-order valence-corrected chi connectivity index (χ0v) is 8.75. The molecule has 4 nitrogen and oxygen atoms in total. The Kier molecular flexibility index (Phi) is 9.80. The fraction of sp³-hybridized carbons (Fsp3) is 1.00. The highest BCUT2D eigenvalue weighted by atomic mass is 16.7. The Morgan fingerprint density at radius 2 is 1.54 bits per heavy atom. The van der Waals surface area contributed by atoms with Gasteiger partial charge in [0.1, 0.15) is 0 Å². The van der Waals surface area contributed by atoms with Gasteiger partial charge in [-0.1, -0.05) is 6.92 Å². The number of ether oxygens (including phenoxy) is 4. The van der Waals surface area contributed by atoms with Crippen LogP contribution in [-0.2, 0) is 18.9 Å². The summed E-state index contributed by atoms with van der Waals surface area (Å²) in [6.45, 7) is 4.54. The van der Waals surface area contributed by atoms with Crippen molar-refractivity contribution in [3.05, 3.63) is 0 Å². The van der Waals surface area contributed by atoms with Crippen LogP contribution in [0.15, 0.2) is 0 Å². The Labute approximate surface area is 80.1 Å². The highest BCUT2D eigenvalue weighted by Gasteiger charge is 2.03. The van der Waals surface area contributed by atoms with Crippen LogP contribution in [0.4, 0.5) is 0 Å². The molecule has 13 heavy (non-hydrogen) atoms. The second-order valence-electron chi connectivity index (χ2n) is 2.59. The van der Waals surface area contributed by atoms with E-state index in [0.717, 1.165) is 13.0 Å². The van der Waals surface area contributed by atoms with Crippen LogP contribution in [-0.4, -0.2) is 46.9 Å². The number of hydrogen-bond acceptors (Lipinski definition) is 4. The van der Waals surface area contributed by atoms with Gasteiger partial charge in [0.25, 0.3) is 0 Å². The minimum Gasteiger partial charge on any atom is -0.379 e. The summed E-state index contributed by atoms with van der Waals surface area (Å²) in [4.78, 5) is 0. The zero-order chi connectivity index (χ0) is 9.94. The van der Waals surface area contributed by atoms with Crippen molar-refractivity contribution in [2.75, 3.05) is 40.6 Å². The van der Waals surface area contributed by atoms with Crippen LogP contribution in [0, 0.1) is 0 Å². The first-order valence-corrected chi connectivity index (χ1v) is 4.56. The molecule has 0 aromatic rings. The van der Waals surface area contributed by atoms with Crippen molar-refractivity contribution in [2.24, 2.45) is 0 Å². The molecule has 0 saturated carbocycles.